The maximum absolute atomic E-state index is 9.52. The molecule has 0 heterocycles. The molecule has 112 valence electrons. The van der Waals surface area contributed by atoms with E-state index in [1.54, 1.807) is 0 Å². The van der Waals surface area contributed by atoms with E-state index >= 15 is 0 Å². The highest BCUT2D eigenvalue weighted by atomic mass is 16.3. The highest BCUT2D eigenvalue weighted by molar-refractivity contribution is 4.93. The van der Waals surface area contributed by atoms with E-state index in [1.165, 1.54) is 44.9 Å². The Morgan fingerprint density at radius 1 is 0.842 bits per heavy atom. The molecule has 2 fully saturated rings. The van der Waals surface area contributed by atoms with Gasteiger partial charge in [0.05, 0.1) is 13.2 Å². The van der Waals surface area contributed by atoms with Crippen LogP contribution in [-0.2, 0) is 0 Å². The van der Waals surface area contributed by atoms with Gasteiger partial charge in [0.15, 0.2) is 0 Å². The molecule has 0 unspecified atom stereocenters. The summed E-state index contributed by atoms with van der Waals surface area (Å²) in [4.78, 5) is 0. The molecule has 0 aromatic heterocycles. The molecule has 0 aromatic rings. The van der Waals surface area contributed by atoms with E-state index in [2.05, 4.69) is 13.8 Å². The van der Waals surface area contributed by atoms with E-state index in [1.807, 2.05) is 0 Å². The predicted octanol–water partition coefficient (Wildman–Crippen LogP) is 3.75. The number of aliphatic hydroxyl groups is 2. The number of hydrogen-bond donors (Lipinski definition) is 2. The molecule has 2 heteroatoms. The molecule has 0 amide bonds. The van der Waals surface area contributed by atoms with Crippen LogP contribution in [0.2, 0.25) is 0 Å². The largest absolute Gasteiger partial charge is 0.396 e. The van der Waals surface area contributed by atoms with Crippen LogP contribution in [0.3, 0.4) is 0 Å². The lowest BCUT2D eigenvalue weighted by Gasteiger charge is -2.48. The highest BCUT2D eigenvalue weighted by Crippen LogP contribution is 2.51. The van der Waals surface area contributed by atoms with Crippen molar-refractivity contribution in [2.24, 2.45) is 22.7 Å². The standard InChI is InChI=1S/C17H32O2/c1-16(2,14-6-4-3-5-7-14)15-8-10-17(12-18,13-19)11-9-15/h14-15,18-19H,3-13H2,1-2H3. The number of hydrogen-bond acceptors (Lipinski definition) is 2. The first-order valence-electron chi connectivity index (χ1n) is 8.26. The predicted molar refractivity (Wildman–Crippen MR) is 78.9 cm³/mol. The summed E-state index contributed by atoms with van der Waals surface area (Å²) in [6.45, 7) is 5.25. The molecular formula is C17H32O2. The molecule has 0 radical (unpaired) electrons. The molecule has 2 saturated carbocycles. The van der Waals surface area contributed by atoms with Crippen molar-refractivity contribution in [3.05, 3.63) is 0 Å². The fourth-order valence-corrected chi connectivity index (χ4v) is 4.52. The fraction of sp³-hybridized carbons (Fsp3) is 1.00. The molecule has 2 aliphatic rings. The Morgan fingerprint density at radius 2 is 1.32 bits per heavy atom. The Balaban J connectivity index is 1.95. The van der Waals surface area contributed by atoms with Gasteiger partial charge in [-0.05, 0) is 55.8 Å². The first-order valence-corrected chi connectivity index (χ1v) is 8.26. The van der Waals surface area contributed by atoms with Crippen molar-refractivity contribution >= 4 is 0 Å². The van der Waals surface area contributed by atoms with Gasteiger partial charge in [-0.3, -0.25) is 0 Å². The Kier molecular flexibility index (Phi) is 4.94. The van der Waals surface area contributed by atoms with Gasteiger partial charge < -0.3 is 10.2 Å². The third kappa shape index (κ3) is 3.16. The smallest absolute Gasteiger partial charge is 0.0509 e. The van der Waals surface area contributed by atoms with Crippen LogP contribution < -0.4 is 0 Å². The second kappa shape index (κ2) is 6.13. The van der Waals surface area contributed by atoms with Gasteiger partial charge in [-0.1, -0.05) is 33.1 Å². The minimum absolute atomic E-state index is 0.153. The van der Waals surface area contributed by atoms with E-state index in [0.29, 0.717) is 5.41 Å². The van der Waals surface area contributed by atoms with E-state index in [0.717, 1.165) is 24.7 Å². The Bertz CT molecular complexity index is 265. The molecule has 0 atom stereocenters. The normalized spacial score (nSPS) is 26.5. The average Bonchev–Trinajstić information content (AvgIpc) is 2.48. The molecule has 2 nitrogen and oxygen atoms in total. The summed E-state index contributed by atoms with van der Waals surface area (Å²) in [5, 5.41) is 19.0. The summed E-state index contributed by atoms with van der Waals surface area (Å²) in [6, 6.07) is 0. The maximum Gasteiger partial charge on any atom is 0.0509 e. The average molecular weight is 268 g/mol. The van der Waals surface area contributed by atoms with Crippen LogP contribution >= 0.6 is 0 Å². The van der Waals surface area contributed by atoms with Gasteiger partial charge >= 0.3 is 0 Å². The summed E-state index contributed by atoms with van der Waals surface area (Å²) in [7, 11) is 0. The summed E-state index contributed by atoms with van der Waals surface area (Å²) in [6.07, 6.45) is 11.5. The number of aliphatic hydroxyl groups excluding tert-OH is 2. The molecule has 0 aromatic carbocycles. The van der Waals surface area contributed by atoms with Gasteiger partial charge in [0.2, 0.25) is 0 Å². The van der Waals surface area contributed by atoms with Crippen molar-refractivity contribution in [1.82, 2.24) is 0 Å². The van der Waals surface area contributed by atoms with Crippen LogP contribution in [0.25, 0.3) is 0 Å². The molecule has 0 aliphatic heterocycles. The van der Waals surface area contributed by atoms with Crippen LogP contribution in [0, 0.1) is 22.7 Å². The van der Waals surface area contributed by atoms with Crippen LogP contribution in [0.1, 0.15) is 71.6 Å². The first-order chi connectivity index (χ1) is 9.04. The van der Waals surface area contributed by atoms with Gasteiger partial charge in [0.25, 0.3) is 0 Å². The summed E-state index contributed by atoms with van der Waals surface area (Å²) < 4.78 is 0. The third-order valence-electron chi connectivity index (χ3n) is 6.43. The molecule has 0 spiro atoms. The topological polar surface area (TPSA) is 40.5 Å². The van der Waals surface area contributed by atoms with Crippen molar-refractivity contribution in [1.29, 1.82) is 0 Å². The Morgan fingerprint density at radius 3 is 1.79 bits per heavy atom. The SMILES string of the molecule is CC(C)(C1CCCCC1)C1CCC(CO)(CO)CC1. The minimum atomic E-state index is -0.181. The lowest BCUT2D eigenvalue weighted by molar-refractivity contribution is -0.0257. The zero-order chi connectivity index (χ0) is 13.9. The molecule has 19 heavy (non-hydrogen) atoms. The van der Waals surface area contributed by atoms with E-state index < -0.39 is 0 Å². The highest BCUT2D eigenvalue weighted by Gasteiger charge is 2.42. The van der Waals surface area contributed by atoms with Crippen molar-refractivity contribution in [3.8, 4) is 0 Å². The maximum atomic E-state index is 9.52. The van der Waals surface area contributed by atoms with E-state index in [9.17, 15) is 10.2 Å². The van der Waals surface area contributed by atoms with Crippen molar-refractivity contribution < 1.29 is 10.2 Å². The van der Waals surface area contributed by atoms with Gasteiger partial charge in [-0.2, -0.15) is 0 Å². The lowest BCUT2D eigenvalue weighted by atomic mass is 9.58. The Labute approximate surface area is 118 Å². The van der Waals surface area contributed by atoms with E-state index in [4.69, 9.17) is 0 Å². The zero-order valence-electron chi connectivity index (χ0n) is 12.8. The zero-order valence-corrected chi connectivity index (χ0v) is 12.8. The van der Waals surface area contributed by atoms with E-state index in [-0.39, 0.29) is 18.6 Å². The molecule has 2 aliphatic carbocycles. The van der Waals surface area contributed by atoms with Gasteiger partial charge in [-0.15, -0.1) is 0 Å². The summed E-state index contributed by atoms with van der Waals surface area (Å²) in [5.41, 5.74) is 0.261. The van der Waals surface area contributed by atoms with Crippen molar-refractivity contribution in [2.75, 3.05) is 13.2 Å². The first kappa shape index (κ1) is 15.3. The second-order valence-corrected chi connectivity index (χ2v) is 7.75. The Hall–Kier alpha value is -0.0800. The quantitative estimate of drug-likeness (QED) is 0.815. The minimum Gasteiger partial charge on any atom is -0.396 e. The number of rotatable bonds is 4. The van der Waals surface area contributed by atoms with Crippen molar-refractivity contribution in [2.45, 2.75) is 71.6 Å². The van der Waals surface area contributed by atoms with Crippen LogP contribution in [0.15, 0.2) is 0 Å². The second-order valence-electron chi connectivity index (χ2n) is 7.75. The summed E-state index contributed by atoms with van der Waals surface area (Å²) in [5.74, 6) is 1.67. The van der Waals surface area contributed by atoms with Gasteiger partial charge in [0, 0.05) is 5.41 Å². The fourth-order valence-electron chi connectivity index (χ4n) is 4.52. The molecule has 0 bridgehead atoms. The van der Waals surface area contributed by atoms with Gasteiger partial charge in [-0.25, -0.2) is 0 Å². The summed E-state index contributed by atoms with van der Waals surface area (Å²) >= 11 is 0. The molecular weight excluding hydrogens is 236 g/mol. The van der Waals surface area contributed by atoms with Crippen LogP contribution in [0.5, 0.6) is 0 Å². The third-order valence-corrected chi connectivity index (χ3v) is 6.43. The monoisotopic (exact) mass is 268 g/mol. The van der Waals surface area contributed by atoms with Crippen LogP contribution in [-0.4, -0.2) is 23.4 Å². The van der Waals surface area contributed by atoms with Crippen molar-refractivity contribution in [3.63, 3.8) is 0 Å². The molecule has 0 saturated heterocycles. The van der Waals surface area contributed by atoms with Gasteiger partial charge in [0.1, 0.15) is 0 Å². The molecule has 2 N–H and O–H groups in total. The van der Waals surface area contributed by atoms with Crippen LogP contribution in [0.4, 0.5) is 0 Å². The lowest BCUT2D eigenvalue weighted by Crippen LogP contribution is -2.41. The molecule has 2 rings (SSSR count).